The number of nitrogens with one attached hydrogen (secondary N) is 2. The van der Waals surface area contributed by atoms with E-state index in [-0.39, 0.29) is 5.95 Å². The molecule has 0 atom stereocenters. The van der Waals surface area contributed by atoms with Crippen LogP contribution >= 0.6 is 34.8 Å². The number of hydrogen-bond donors (Lipinski definition) is 2. The molecule has 128 valence electrons. The van der Waals surface area contributed by atoms with Crippen molar-refractivity contribution in [2.45, 2.75) is 0 Å². The van der Waals surface area contributed by atoms with E-state index in [0.29, 0.717) is 38.0 Å². The lowest BCUT2D eigenvalue weighted by Gasteiger charge is -2.11. The second kappa shape index (κ2) is 7.74. The van der Waals surface area contributed by atoms with Gasteiger partial charge in [0, 0.05) is 20.8 Å². The molecule has 0 amide bonds. The molecule has 9 heteroatoms. The molecule has 1 heterocycles. The summed E-state index contributed by atoms with van der Waals surface area (Å²) in [6.45, 7) is 0. The van der Waals surface area contributed by atoms with E-state index in [1.807, 2.05) is 0 Å². The molecule has 0 bridgehead atoms. The fraction of sp³-hybridized carbons (Fsp3) is 0.0625. The van der Waals surface area contributed by atoms with Crippen LogP contribution in [0.3, 0.4) is 0 Å². The van der Waals surface area contributed by atoms with Crippen molar-refractivity contribution in [2.24, 2.45) is 0 Å². The molecule has 6 nitrogen and oxygen atoms in total. The minimum absolute atomic E-state index is 0.282. The lowest BCUT2D eigenvalue weighted by Crippen LogP contribution is -2.03. The van der Waals surface area contributed by atoms with E-state index in [2.05, 4.69) is 25.8 Å². The van der Waals surface area contributed by atoms with Crippen LogP contribution in [-0.2, 0) is 0 Å². The van der Waals surface area contributed by atoms with E-state index in [9.17, 15) is 0 Å². The molecular formula is C16H12Cl3N5O. The van der Waals surface area contributed by atoms with Gasteiger partial charge in [-0.15, -0.1) is 5.10 Å². The van der Waals surface area contributed by atoms with Crippen LogP contribution < -0.4 is 15.4 Å². The molecule has 3 aromatic rings. The van der Waals surface area contributed by atoms with Gasteiger partial charge in [0.1, 0.15) is 5.75 Å². The number of hydrogen-bond acceptors (Lipinski definition) is 6. The van der Waals surface area contributed by atoms with E-state index in [0.717, 1.165) is 0 Å². The number of rotatable bonds is 5. The van der Waals surface area contributed by atoms with Gasteiger partial charge in [0.25, 0.3) is 0 Å². The number of anilines is 4. The minimum atomic E-state index is 0.282. The predicted molar refractivity (Wildman–Crippen MR) is 101 cm³/mol. The summed E-state index contributed by atoms with van der Waals surface area (Å²) in [5.74, 6) is 1.37. The molecule has 1 aromatic heterocycles. The average molecular weight is 397 g/mol. The van der Waals surface area contributed by atoms with Crippen molar-refractivity contribution in [1.82, 2.24) is 15.2 Å². The Morgan fingerprint density at radius 1 is 0.920 bits per heavy atom. The van der Waals surface area contributed by atoms with E-state index < -0.39 is 0 Å². The lowest BCUT2D eigenvalue weighted by atomic mass is 10.3. The molecule has 0 unspecified atom stereocenters. The van der Waals surface area contributed by atoms with Crippen molar-refractivity contribution in [2.75, 3.05) is 17.7 Å². The molecule has 0 saturated heterocycles. The number of nitrogens with zero attached hydrogens (tertiary/aromatic N) is 3. The third-order valence-corrected chi connectivity index (χ3v) is 3.77. The van der Waals surface area contributed by atoms with Gasteiger partial charge in [0.05, 0.1) is 19.0 Å². The zero-order valence-corrected chi connectivity index (χ0v) is 15.2. The van der Waals surface area contributed by atoms with Gasteiger partial charge in [-0.2, -0.15) is 10.1 Å². The first-order valence-electron chi connectivity index (χ1n) is 7.07. The normalized spacial score (nSPS) is 10.4. The van der Waals surface area contributed by atoms with Gasteiger partial charge in [-0.1, -0.05) is 34.8 Å². The van der Waals surface area contributed by atoms with E-state index in [1.165, 1.54) is 6.20 Å². The van der Waals surface area contributed by atoms with Crippen molar-refractivity contribution in [3.05, 3.63) is 57.7 Å². The summed E-state index contributed by atoms with van der Waals surface area (Å²) in [4.78, 5) is 4.35. The maximum atomic E-state index is 6.03. The number of methoxy groups -OCH3 is 1. The summed E-state index contributed by atoms with van der Waals surface area (Å²) in [5.41, 5.74) is 1.31. The number of benzene rings is 2. The van der Waals surface area contributed by atoms with Crippen LogP contribution in [0.25, 0.3) is 0 Å². The van der Waals surface area contributed by atoms with Gasteiger partial charge in [-0.25, -0.2) is 0 Å². The van der Waals surface area contributed by atoms with Crippen molar-refractivity contribution >= 4 is 57.9 Å². The Kier molecular flexibility index (Phi) is 5.43. The van der Waals surface area contributed by atoms with Crippen molar-refractivity contribution in [1.29, 1.82) is 0 Å². The monoisotopic (exact) mass is 395 g/mol. The van der Waals surface area contributed by atoms with Gasteiger partial charge in [-0.3, -0.25) is 0 Å². The number of aromatic nitrogens is 3. The van der Waals surface area contributed by atoms with Crippen LogP contribution in [0.5, 0.6) is 5.75 Å². The van der Waals surface area contributed by atoms with E-state index in [4.69, 9.17) is 39.5 Å². The summed E-state index contributed by atoms with van der Waals surface area (Å²) in [5, 5.41) is 15.5. The average Bonchev–Trinajstić information content (AvgIpc) is 2.54. The molecule has 2 N–H and O–H groups in total. The maximum absolute atomic E-state index is 6.03. The maximum Gasteiger partial charge on any atom is 0.249 e. The minimum Gasteiger partial charge on any atom is -0.495 e. The highest BCUT2D eigenvalue weighted by Gasteiger charge is 2.08. The summed E-state index contributed by atoms with van der Waals surface area (Å²) in [6, 6.07) is 10.3. The fourth-order valence-corrected chi connectivity index (χ4v) is 2.79. The number of halogens is 3. The SMILES string of the molecule is COc1ccc(Cl)cc1Nc1cnnc(Nc2cc(Cl)cc(Cl)c2)n1. The summed E-state index contributed by atoms with van der Waals surface area (Å²) >= 11 is 18.0. The molecule has 0 saturated carbocycles. The predicted octanol–water partition coefficient (Wildman–Crippen LogP) is 5.33. The first kappa shape index (κ1) is 17.5. The Morgan fingerprint density at radius 2 is 1.68 bits per heavy atom. The van der Waals surface area contributed by atoms with Crippen molar-refractivity contribution < 1.29 is 4.74 Å². The second-order valence-electron chi connectivity index (χ2n) is 4.92. The lowest BCUT2D eigenvalue weighted by molar-refractivity contribution is 0.417. The van der Waals surface area contributed by atoms with Crippen LogP contribution in [0.1, 0.15) is 0 Å². The van der Waals surface area contributed by atoms with Crippen LogP contribution in [0.4, 0.5) is 23.1 Å². The zero-order chi connectivity index (χ0) is 17.8. The van der Waals surface area contributed by atoms with Crippen molar-refractivity contribution in [3.63, 3.8) is 0 Å². The molecule has 0 aliphatic rings. The Hall–Kier alpha value is -2.28. The second-order valence-corrected chi connectivity index (χ2v) is 6.23. The molecule has 0 aliphatic heterocycles. The third kappa shape index (κ3) is 4.63. The topological polar surface area (TPSA) is 72.0 Å². The van der Waals surface area contributed by atoms with Gasteiger partial charge < -0.3 is 15.4 Å². The molecule has 3 rings (SSSR count). The smallest absolute Gasteiger partial charge is 0.249 e. The van der Waals surface area contributed by atoms with Gasteiger partial charge in [0.15, 0.2) is 5.82 Å². The highest BCUT2D eigenvalue weighted by Crippen LogP contribution is 2.30. The highest BCUT2D eigenvalue weighted by molar-refractivity contribution is 6.35. The molecule has 0 fully saturated rings. The van der Waals surface area contributed by atoms with Crippen molar-refractivity contribution in [3.8, 4) is 5.75 Å². The molecule has 0 spiro atoms. The molecule has 0 radical (unpaired) electrons. The fourth-order valence-electron chi connectivity index (χ4n) is 2.09. The van der Waals surface area contributed by atoms with Crippen LogP contribution in [0.2, 0.25) is 15.1 Å². The summed E-state index contributed by atoms with van der Waals surface area (Å²) in [7, 11) is 1.57. The highest BCUT2D eigenvalue weighted by atomic mass is 35.5. The van der Waals surface area contributed by atoms with Crippen LogP contribution in [0, 0.1) is 0 Å². The van der Waals surface area contributed by atoms with Gasteiger partial charge in [0.2, 0.25) is 5.95 Å². The first-order chi connectivity index (χ1) is 12.0. The molecule has 2 aromatic carbocycles. The summed E-state index contributed by atoms with van der Waals surface area (Å²) in [6.07, 6.45) is 1.48. The van der Waals surface area contributed by atoms with Crippen LogP contribution in [0.15, 0.2) is 42.6 Å². The van der Waals surface area contributed by atoms with Crippen LogP contribution in [-0.4, -0.2) is 22.3 Å². The van der Waals surface area contributed by atoms with E-state index in [1.54, 1.807) is 43.5 Å². The van der Waals surface area contributed by atoms with E-state index >= 15 is 0 Å². The first-order valence-corrected chi connectivity index (χ1v) is 8.20. The molecule has 25 heavy (non-hydrogen) atoms. The summed E-state index contributed by atoms with van der Waals surface area (Å²) < 4.78 is 5.29. The zero-order valence-electron chi connectivity index (χ0n) is 12.9. The Bertz CT molecular complexity index is 886. The van der Waals surface area contributed by atoms with Gasteiger partial charge in [-0.05, 0) is 36.4 Å². The molecular weight excluding hydrogens is 385 g/mol. The molecule has 0 aliphatic carbocycles. The Balaban J connectivity index is 1.83. The Labute approximate surface area is 159 Å². The third-order valence-electron chi connectivity index (χ3n) is 3.10. The van der Waals surface area contributed by atoms with Gasteiger partial charge >= 0.3 is 0 Å². The quantitative estimate of drug-likeness (QED) is 0.607. The standard InChI is InChI=1S/C16H12Cl3N5O/c1-25-14-3-2-9(17)7-13(14)22-15-8-20-24-16(23-15)21-12-5-10(18)4-11(19)6-12/h2-8H,1H3,(H2,21,22,23,24). The largest absolute Gasteiger partial charge is 0.495 e. The Morgan fingerprint density at radius 3 is 2.40 bits per heavy atom. The number of ether oxygens (including phenoxy) is 1.